The summed E-state index contributed by atoms with van der Waals surface area (Å²) in [5.74, 6) is 1.64. The molecular formula is C23H26N2O4. The lowest BCUT2D eigenvalue weighted by molar-refractivity contribution is -0.130. The van der Waals surface area contributed by atoms with Gasteiger partial charge < -0.3 is 19.7 Å². The number of carbonyl (C=O) groups is 2. The molecule has 0 saturated carbocycles. The number of rotatable bonds is 5. The summed E-state index contributed by atoms with van der Waals surface area (Å²) in [6.45, 7) is 3.83. The van der Waals surface area contributed by atoms with Crippen LogP contribution in [0.5, 0.6) is 11.5 Å². The maximum atomic E-state index is 12.9. The molecule has 2 aromatic rings. The first-order valence-electron chi connectivity index (χ1n) is 10.2. The normalized spacial score (nSPS) is 18.2. The lowest BCUT2D eigenvalue weighted by Gasteiger charge is -2.26. The zero-order valence-electron chi connectivity index (χ0n) is 16.6. The largest absolute Gasteiger partial charge is 0.490 e. The van der Waals surface area contributed by atoms with E-state index in [1.54, 1.807) is 19.1 Å². The van der Waals surface area contributed by atoms with Crippen LogP contribution in [-0.2, 0) is 4.79 Å². The average Bonchev–Trinajstić information content (AvgIpc) is 3.11. The van der Waals surface area contributed by atoms with Crippen LogP contribution in [0.4, 0.5) is 5.69 Å². The Kier molecular flexibility index (Phi) is 5.69. The second-order valence-corrected chi connectivity index (χ2v) is 7.49. The highest BCUT2D eigenvalue weighted by Crippen LogP contribution is 2.37. The van der Waals surface area contributed by atoms with Gasteiger partial charge in [-0.05, 0) is 61.7 Å². The van der Waals surface area contributed by atoms with Crippen molar-refractivity contribution in [1.82, 2.24) is 4.90 Å². The maximum absolute atomic E-state index is 12.9. The third-order valence-corrected chi connectivity index (χ3v) is 5.46. The molecule has 2 heterocycles. The molecule has 1 saturated heterocycles. The van der Waals surface area contributed by atoms with E-state index >= 15 is 0 Å². The minimum atomic E-state index is 0.0302. The number of Topliss-reactive ketones (excluding diaryl/α,β-unsaturated/α-hetero) is 1. The van der Waals surface area contributed by atoms with Crippen molar-refractivity contribution in [2.75, 3.05) is 31.6 Å². The molecule has 6 nitrogen and oxygen atoms in total. The molecule has 0 aromatic heterocycles. The first-order chi connectivity index (χ1) is 14.1. The molecule has 2 aliphatic heterocycles. The van der Waals surface area contributed by atoms with E-state index in [0.29, 0.717) is 18.8 Å². The summed E-state index contributed by atoms with van der Waals surface area (Å²) in [5, 5.41) is 3.17. The number of ketones is 1. The third kappa shape index (κ3) is 4.36. The second kappa shape index (κ2) is 8.55. The number of hydrogen-bond donors (Lipinski definition) is 1. The van der Waals surface area contributed by atoms with Gasteiger partial charge in [-0.15, -0.1) is 0 Å². The number of nitrogens with one attached hydrogen (secondary N) is 1. The van der Waals surface area contributed by atoms with Crippen LogP contribution in [0.3, 0.4) is 0 Å². The van der Waals surface area contributed by atoms with Gasteiger partial charge in [0.25, 0.3) is 0 Å². The quantitative estimate of drug-likeness (QED) is 0.781. The van der Waals surface area contributed by atoms with E-state index in [9.17, 15) is 9.59 Å². The fraction of sp³-hybridized carbons (Fsp3) is 0.391. The van der Waals surface area contributed by atoms with E-state index in [4.69, 9.17) is 9.47 Å². The fourth-order valence-electron chi connectivity index (χ4n) is 3.90. The predicted octanol–water partition coefficient (Wildman–Crippen LogP) is 3.83. The van der Waals surface area contributed by atoms with Gasteiger partial charge >= 0.3 is 0 Å². The Balaban J connectivity index is 1.42. The van der Waals surface area contributed by atoms with Crippen molar-refractivity contribution in [3.63, 3.8) is 0 Å². The van der Waals surface area contributed by atoms with Gasteiger partial charge in [0.1, 0.15) is 0 Å². The minimum absolute atomic E-state index is 0.0302. The molecule has 0 radical (unpaired) electrons. The third-order valence-electron chi connectivity index (χ3n) is 5.46. The maximum Gasteiger partial charge on any atom is 0.242 e. The van der Waals surface area contributed by atoms with Crippen molar-refractivity contribution in [1.29, 1.82) is 0 Å². The Labute approximate surface area is 170 Å². The van der Waals surface area contributed by atoms with Crippen molar-refractivity contribution in [2.24, 2.45) is 0 Å². The topological polar surface area (TPSA) is 67.9 Å². The average molecular weight is 394 g/mol. The molecule has 4 rings (SSSR count). The molecule has 1 N–H and O–H groups in total. The van der Waals surface area contributed by atoms with Gasteiger partial charge in [0.15, 0.2) is 17.3 Å². The first-order valence-corrected chi connectivity index (χ1v) is 10.2. The Morgan fingerprint density at radius 3 is 2.55 bits per heavy atom. The Bertz CT molecular complexity index is 894. The molecule has 0 unspecified atom stereocenters. The summed E-state index contributed by atoms with van der Waals surface area (Å²) in [7, 11) is 0. The number of hydrogen-bond acceptors (Lipinski definition) is 5. The Hall–Kier alpha value is -3.02. The zero-order valence-corrected chi connectivity index (χ0v) is 16.6. The summed E-state index contributed by atoms with van der Waals surface area (Å²) >= 11 is 0. The van der Waals surface area contributed by atoms with Gasteiger partial charge in [-0.25, -0.2) is 0 Å². The lowest BCUT2D eigenvalue weighted by atomic mass is 10.0. The summed E-state index contributed by atoms with van der Waals surface area (Å²) in [6.07, 6.45) is 2.80. The molecule has 2 aliphatic rings. The van der Waals surface area contributed by atoms with Crippen molar-refractivity contribution < 1.29 is 19.1 Å². The lowest BCUT2D eigenvalue weighted by Crippen LogP contribution is -2.35. The molecular weight excluding hydrogens is 368 g/mol. The summed E-state index contributed by atoms with van der Waals surface area (Å²) in [5.41, 5.74) is 2.58. The standard InChI is InChI=1S/C23H26N2O4/c1-16(26)17-5-8-19(9-6-17)24-15-23(27)25-11-2-4-20(25)18-7-10-21-22(14-18)29-13-3-12-28-21/h5-10,14,20,24H,2-4,11-13,15H2,1H3/t20-/m0/s1. The van der Waals surface area contributed by atoms with Crippen LogP contribution in [0.2, 0.25) is 0 Å². The molecule has 29 heavy (non-hydrogen) atoms. The van der Waals surface area contributed by atoms with Crippen LogP contribution < -0.4 is 14.8 Å². The number of benzene rings is 2. The Morgan fingerprint density at radius 1 is 1.03 bits per heavy atom. The van der Waals surface area contributed by atoms with Crippen molar-refractivity contribution in [3.8, 4) is 11.5 Å². The number of ether oxygens (including phenoxy) is 2. The monoisotopic (exact) mass is 394 g/mol. The second-order valence-electron chi connectivity index (χ2n) is 7.49. The SMILES string of the molecule is CC(=O)c1ccc(NCC(=O)N2CCC[C@H]2c2ccc3c(c2)OCCCO3)cc1. The molecule has 6 heteroatoms. The van der Waals surface area contributed by atoms with Gasteiger partial charge in [0.2, 0.25) is 5.91 Å². The van der Waals surface area contributed by atoms with Crippen LogP contribution in [0.25, 0.3) is 0 Å². The zero-order chi connectivity index (χ0) is 20.2. The number of fused-ring (bicyclic) bond motifs is 1. The molecule has 0 bridgehead atoms. The molecule has 152 valence electrons. The van der Waals surface area contributed by atoms with Gasteiger partial charge in [0.05, 0.1) is 25.8 Å². The van der Waals surface area contributed by atoms with Crippen LogP contribution >= 0.6 is 0 Å². The van der Waals surface area contributed by atoms with Crippen LogP contribution in [0.1, 0.15) is 48.1 Å². The molecule has 1 atom stereocenters. The van der Waals surface area contributed by atoms with E-state index in [1.165, 1.54) is 0 Å². The summed E-state index contributed by atoms with van der Waals surface area (Å²) in [4.78, 5) is 26.2. The highest BCUT2D eigenvalue weighted by atomic mass is 16.5. The molecule has 0 aliphatic carbocycles. The van der Waals surface area contributed by atoms with Crippen molar-refractivity contribution in [3.05, 3.63) is 53.6 Å². The number of carbonyl (C=O) groups excluding carboxylic acids is 2. The van der Waals surface area contributed by atoms with Gasteiger partial charge in [-0.3, -0.25) is 9.59 Å². The van der Waals surface area contributed by atoms with Crippen molar-refractivity contribution >= 4 is 17.4 Å². The first kappa shape index (κ1) is 19.3. The number of nitrogens with zero attached hydrogens (tertiary/aromatic N) is 1. The molecule has 2 aromatic carbocycles. The molecule has 1 fully saturated rings. The van der Waals surface area contributed by atoms with Gasteiger partial charge in [-0.1, -0.05) is 6.07 Å². The number of anilines is 1. The van der Waals surface area contributed by atoms with E-state index in [1.807, 2.05) is 35.2 Å². The van der Waals surface area contributed by atoms with E-state index < -0.39 is 0 Å². The highest BCUT2D eigenvalue weighted by molar-refractivity contribution is 5.94. The van der Waals surface area contributed by atoms with Crippen molar-refractivity contribution in [2.45, 2.75) is 32.2 Å². The van der Waals surface area contributed by atoms with Crippen LogP contribution in [0.15, 0.2) is 42.5 Å². The van der Waals surface area contributed by atoms with Crippen LogP contribution in [0, 0.1) is 0 Å². The fourth-order valence-corrected chi connectivity index (χ4v) is 3.90. The Morgan fingerprint density at radius 2 is 1.79 bits per heavy atom. The van der Waals surface area contributed by atoms with E-state index in [2.05, 4.69) is 5.32 Å². The molecule has 1 amide bonds. The van der Waals surface area contributed by atoms with Gasteiger partial charge in [-0.2, -0.15) is 0 Å². The van der Waals surface area contributed by atoms with E-state index in [-0.39, 0.29) is 24.3 Å². The minimum Gasteiger partial charge on any atom is -0.490 e. The van der Waals surface area contributed by atoms with Crippen LogP contribution in [-0.4, -0.2) is 42.9 Å². The predicted molar refractivity (Wildman–Crippen MR) is 111 cm³/mol. The van der Waals surface area contributed by atoms with Gasteiger partial charge in [0, 0.05) is 24.2 Å². The summed E-state index contributed by atoms with van der Waals surface area (Å²) in [6, 6.07) is 13.3. The smallest absolute Gasteiger partial charge is 0.242 e. The number of likely N-dealkylation sites (tertiary alicyclic amines) is 1. The summed E-state index contributed by atoms with van der Waals surface area (Å²) < 4.78 is 11.5. The van der Waals surface area contributed by atoms with E-state index in [0.717, 1.165) is 48.6 Å². The highest BCUT2D eigenvalue weighted by Gasteiger charge is 2.30. The molecule has 0 spiro atoms. The number of amides is 1.